The minimum absolute atomic E-state index is 0.275. The van der Waals surface area contributed by atoms with Crippen LogP contribution in [-0.2, 0) is 12.9 Å². The van der Waals surface area contributed by atoms with Gasteiger partial charge in [0.25, 0.3) is 0 Å². The number of H-pyrrole nitrogens is 1. The first-order chi connectivity index (χ1) is 15.1. The maximum absolute atomic E-state index is 12.6. The van der Waals surface area contributed by atoms with Crippen LogP contribution in [0.25, 0.3) is 11.0 Å². The molecule has 0 radical (unpaired) electrons. The van der Waals surface area contributed by atoms with Crippen molar-refractivity contribution < 1.29 is 6.17 Å². The lowest BCUT2D eigenvalue weighted by Crippen LogP contribution is -2.20. The maximum Gasteiger partial charge on any atom is 0.323 e. The third-order valence-corrected chi connectivity index (χ3v) is 5.37. The van der Waals surface area contributed by atoms with Crippen LogP contribution in [0.5, 0.6) is 0 Å². The lowest BCUT2D eigenvalue weighted by Gasteiger charge is -2.19. The summed E-state index contributed by atoms with van der Waals surface area (Å²) in [7, 11) is 0. The quantitative estimate of drug-likeness (QED) is 0.449. The van der Waals surface area contributed by atoms with Crippen LogP contribution < -0.4 is 15.5 Å². The van der Waals surface area contributed by atoms with E-state index in [-0.39, 0.29) is 6.03 Å². The first-order valence-electron chi connectivity index (χ1n) is 10.6. The van der Waals surface area contributed by atoms with Crippen LogP contribution >= 0.6 is 0 Å². The summed E-state index contributed by atoms with van der Waals surface area (Å²) in [5.41, 5.74) is 6.33. The molecule has 150 valence electrons. The molecular formula is C24H23N5O. The number of carbonyl (C=O) groups excluding carboxylic acids is 1. The number of urea groups is 1. The van der Waals surface area contributed by atoms with Crippen molar-refractivity contribution in [2.75, 3.05) is 22.1 Å². The van der Waals surface area contributed by atoms with Crippen molar-refractivity contribution in [1.29, 1.82) is 0 Å². The largest absolute Gasteiger partial charge is 0.367 e. The number of nitrogens with zero attached hydrogens (tertiary/aromatic N) is 2. The lowest BCUT2D eigenvalue weighted by molar-refractivity contribution is 0.262. The number of benzene rings is 2. The van der Waals surface area contributed by atoms with E-state index in [1.165, 1.54) is 0 Å². The van der Waals surface area contributed by atoms with Crippen LogP contribution in [0.4, 0.5) is 21.9 Å². The van der Waals surface area contributed by atoms with E-state index in [0.717, 1.165) is 51.2 Å². The fourth-order valence-electron chi connectivity index (χ4n) is 3.97. The highest BCUT2D eigenvalue weighted by atomic mass is 16.2. The van der Waals surface area contributed by atoms with E-state index in [1.807, 2.05) is 67.7 Å². The topological polar surface area (TPSA) is 73.0 Å². The molecule has 1 aliphatic rings. The number of aromatic nitrogens is 2. The van der Waals surface area contributed by atoms with Crippen LogP contribution in [0.1, 0.15) is 18.1 Å². The van der Waals surface area contributed by atoms with Gasteiger partial charge in [-0.25, -0.2) is 9.78 Å². The molecule has 6 heteroatoms. The normalized spacial score (nSPS) is 14.3. The molecule has 0 fully saturated rings. The van der Waals surface area contributed by atoms with E-state index in [2.05, 4.69) is 25.5 Å². The molecule has 3 heterocycles. The Balaban J connectivity index is 1.37. The summed E-state index contributed by atoms with van der Waals surface area (Å²) in [4.78, 5) is 22.1. The number of amides is 2. The van der Waals surface area contributed by atoms with Crippen molar-refractivity contribution >= 4 is 34.1 Å². The smallest absolute Gasteiger partial charge is 0.323 e. The Kier molecular flexibility index (Phi) is 4.30. The molecular weight excluding hydrogens is 374 g/mol. The molecule has 2 aromatic carbocycles. The van der Waals surface area contributed by atoms with Gasteiger partial charge in [-0.05, 0) is 60.9 Å². The summed E-state index contributed by atoms with van der Waals surface area (Å²) in [6, 6.07) is 17.1. The SMILES string of the molecule is [2H]C(c1c[nH]c2ncccc12)N1CCc2c(NC(=O)Nc3cccc(C)c3)cccc21. The Morgan fingerprint density at radius 2 is 2.10 bits per heavy atom. The average molecular weight is 398 g/mol. The van der Waals surface area contributed by atoms with Crippen molar-refractivity contribution in [2.45, 2.75) is 19.9 Å². The molecule has 2 aromatic heterocycles. The van der Waals surface area contributed by atoms with Crippen molar-refractivity contribution in [3.05, 3.63) is 83.7 Å². The third-order valence-electron chi connectivity index (χ3n) is 5.37. The minimum atomic E-state index is -0.560. The van der Waals surface area contributed by atoms with Crippen LogP contribution in [0.3, 0.4) is 0 Å². The summed E-state index contributed by atoms with van der Waals surface area (Å²) >= 11 is 0. The number of nitrogens with one attached hydrogen (secondary N) is 3. The third kappa shape index (κ3) is 3.48. The molecule has 1 aliphatic heterocycles. The van der Waals surface area contributed by atoms with Crippen molar-refractivity contribution in [3.8, 4) is 0 Å². The van der Waals surface area contributed by atoms with Crippen molar-refractivity contribution in [1.82, 2.24) is 9.97 Å². The van der Waals surface area contributed by atoms with Crippen LogP contribution in [0.2, 0.25) is 0 Å². The molecule has 4 aromatic rings. The summed E-state index contributed by atoms with van der Waals surface area (Å²) in [6.07, 6.45) is 4.38. The van der Waals surface area contributed by atoms with Gasteiger partial charge in [0.05, 0.1) is 1.37 Å². The second kappa shape index (κ2) is 7.55. The van der Waals surface area contributed by atoms with Crippen LogP contribution in [-0.4, -0.2) is 22.5 Å². The van der Waals surface area contributed by atoms with E-state index in [9.17, 15) is 4.79 Å². The number of pyridine rings is 1. The molecule has 0 aliphatic carbocycles. The van der Waals surface area contributed by atoms with E-state index in [0.29, 0.717) is 6.54 Å². The zero-order valence-electron chi connectivity index (χ0n) is 17.6. The molecule has 5 rings (SSSR count). The van der Waals surface area contributed by atoms with Gasteiger partial charge in [0.1, 0.15) is 5.65 Å². The number of carbonyl (C=O) groups is 1. The average Bonchev–Trinajstić information content (AvgIpc) is 3.38. The van der Waals surface area contributed by atoms with Gasteiger partial charge in [-0.2, -0.15) is 0 Å². The summed E-state index contributed by atoms with van der Waals surface area (Å²) < 4.78 is 8.90. The number of fused-ring (bicyclic) bond motifs is 2. The first kappa shape index (κ1) is 17.1. The van der Waals surface area contributed by atoms with Gasteiger partial charge >= 0.3 is 6.03 Å². The number of rotatable bonds is 4. The number of hydrogen-bond donors (Lipinski definition) is 3. The first-order valence-corrected chi connectivity index (χ1v) is 9.97. The van der Waals surface area contributed by atoms with Gasteiger partial charge < -0.3 is 20.5 Å². The molecule has 3 N–H and O–H groups in total. The van der Waals surface area contributed by atoms with Crippen molar-refractivity contribution in [3.63, 3.8) is 0 Å². The van der Waals surface area contributed by atoms with Gasteiger partial charge in [0.2, 0.25) is 0 Å². The fraction of sp³-hybridized carbons (Fsp3) is 0.167. The predicted molar refractivity (Wildman–Crippen MR) is 121 cm³/mol. The van der Waals surface area contributed by atoms with Gasteiger partial charge in [0.15, 0.2) is 0 Å². The van der Waals surface area contributed by atoms with Crippen LogP contribution in [0.15, 0.2) is 67.0 Å². The molecule has 0 bridgehead atoms. The lowest BCUT2D eigenvalue weighted by atomic mass is 10.1. The van der Waals surface area contributed by atoms with Gasteiger partial charge in [-0.15, -0.1) is 0 Å². The summed E-state index contributed by atoms with van der Waals surface area (Å²) in [6.45, 7) is 2.15. The van der Waals surface area contributed by atoms with Gasteiger partial charge in [0, 0.05) is 53.5 Å². The number of anilines is 3. The van der Waals surface area contributed by atoms with Crippen molar-refractivity contribution in [2.24, 2.45) is 0 Å². The minimum Gasteiger partial charge on any atom is -0.367 e. The second-order valence-corrected chi connectivity index (χ2v) is 7.47. The Bertz CT molecular complexity index is 1270. The molecule has 6 nitrogen and oxygen atoms in total. The van der Waals surface area contributed by atoms with Gasteiger partial charge in [-0.3, -0.25) is 0 Å². The zero-order chi connectivity index (χ0) is 21.4. The molecule has 0 saturated carbocycles. The maximum atomic E-state index is 12.6. The number of hydrogen-bond acceptors (Lipinski definition) is 3. The molecule has 1 atom stereocenters. The predicted octanol–water partition coefficient (Wildman–Crippen LogP) is 5.08. The standard InChI is InChI=1S/C24H23N5O/c1-16-5-2-6-18(13-16)27-24(30)28-21-8-3-9-22-20(21)10-12-29(22)15-17-14-26-23-19(17)7-4-11-25-23/h2-9,11,13-14H,10,12,15H2,1H3,(H,25,26)(H2,27,28,30)/i15D. The molecule has 0 saturated heterocycles. The summed E-state index contributed by atoms with van der Waals surface area (Å²) in [5, 5.41) is 6.83. The Hall–Kier alpha value is -3.80. The zero-order valence-corrected chi connectivity index (χ0v) is 16.6. The van der Waals surface area contributed by atoms with E-state index in [4.69, 9.17) is 1.37 Å². The van der Waals surface area contributed by atoms with E-state index >= 15 is 0 Å². The highest BCUT2D eigenvalue weighted by molar-refractivity contribution is 6.01. The molecule has 0 spiro atoms. The number of aromatic amines is 1. The molecule has 2 amide bonds. The van der Waals surface area contributed by atoms with Crippen LogP contribution in [0, 0.1) is 6.92 Å². The number of aryl methyl sites for hydroxylation is 1. The monoisotopic (exact) mass is 398 g/mol. The fourth-order valence-corrected chi connectivity index (χ4v) is 3.97. The highest BCUT2D eigenvalue weighted by Gasteiger charge is 2.23. The van der Waals surface area contributed by atoms with Gasteiger partial charge in [-0.1, -0.05) is 18.2 Å². The Labute approximate surface area is 176 Å². The van der Waals surface area contributed by atoms with E-state index < -0.39 is 6.52 Å². The highest BCUT2D eigenvalue weighted by Crippen LogP contribution is 2.35. The van der Waals surface area contributed by atoms with E-state index in [1.54, 1.807) is 6.20 Å². The Morgan fingerprint density at radius 3 is 3.00 bits per heavy atom. The molecule has 1 unspecified atom stereocenters. The molecule has 30 heavy (non-hydrogen) atoms. The second-order valence-electron chi connectivity index (χ2n) is 7.47. The summed E-state index contributed by atoms with van der Waals surface area (Å²) in [5.74, 6) is 0. The Morgan fingerprint density at radius 1 is 1.20 bits per heavy atom.